The highest BCUT2D eigenvalue weighted by molar-refractivity contribution is 7.15. The molecular weight excluding hydrogens is 212 g/mol. The second-order valence-electron chi connectivity index (χ2n) is 3.48. The minimum Gasteiger partial charge on any atom is -0.395 e. The summed E-state index contributed by atoms with van der Waals surface area (Å²) in [4.78, 5) is 2.05. The zero-order valence-corrected chi connectivity index (χ0v) is 10.2. The smallest absolute Gasteiger partial charge is 0.205 e. The fourth-order valence-corrected chi connectivity index (χ4v) is 1.92. The Labute approximate surface area is 94.1 Å². The van der Waals surface area contributed by atoms with E-state index >= 15 is 0 Å². The normalized spacial score (nSPS) is 13.1. The Morgan fingerprint density at radius 3 is 2.87 bits per heavy atom. The average molecular weight is 230 g/mol. The van der Waals surface area contributed by atoms with E-state index in [-0.39, 0.29) is 12.6 Å². The molecule has 1 rings (SSSR count). The first-order chi connectivity index (χ1) is 7.17. The van der Waals surface area contributed by atoms with E-state index in [1.807, 2.05) is 20.9 Å². The first-order valence-electron chi connectivity index (χ1n) is 5.04. The van der Waals surface area contributed by atoms with Gasteiger partial charge < -0.3 is 10.4 Å². The molecule has 0 aromatic carbocycles. The maximum Gasteiger partial charge on any atom is 0.205 e. The van der Waals surface area contributed by atoms with Crippen molar-refractivity contribution >= 4 is 16.5 Å². The van der Waals surface area contributed by atoms with E-state index in [1.54, 1.807) is 11.3 Å². The van der Waals surface area contributed by atoms with Crippen molar-refractivity contribution in [1.29, 1.82) is 0 Å². The van der Waals surface area contributed by atoms with Gasteiger partial charge in [0.1, 0.15) is 5.01 Å². The van der Waals surface area contributed by atoms with E-state index in [0.717, 1.165) is 23.2 Å². The van der Waals surface area contributed by atoms with Crippen LogP contribution in [-0.2, 0) is 6.54 Å². The van der Waals surface area contributed by atoms with E-state index in [9.17, 15) is 0 Å². The second kappa shape index (κ2) is 5.99. The summed E-state index contributed by atoms with van der Waals surface area (Å²) in [6.07, 6.45) is 0. The first kappa shape index (κ1) is 12.4. The van der Waals surface area contributed by atoms with Gasteiger partial charge in [-0.15, -0.1) is 10.2 Å². The lowest BCUT2D eigenvalue weighted by molar-refractivity contribution is 0.153. The van der Waals surface area contributed by atoms with Crippen LogP contribution in [0.4, 0.5) is 5.13 Å². The average Bonchev–Trinajstić information content (AvgIpc) is 2.65. The summed E-state index contributed by atoms with van der Waals surface area (Å²) in [5.74, 6) is 0. The Hall–Kier alpha value is -0.720. The van der Waals surface area contributed by atoms with E-state index in [2.05, 4.69) is 20.4 Å². The molecule has 1 aromatic heterocycles. The molecule has 0 amide bonds. The van der Waals surface area contributed by atoms with E-state index in [1.165, 1.54) is 0 Å². The number of hydrogen-bond donors (Lipinski definition) is 2. The number of aromatic nitrogens is 2. The summed E-state index contributed by atoms with van der Waals surface area (Å²) in [5, 5.41) is 22.0. The molecule has 6 heteroatoms. The van der Waals surface area contributed by atoms with E-state index in [4.69, 9.17) is 5.11 Å². The molecule has 1 heterocycles. The minimum absolute atomic E-state index is 0.150. The monoisotopic (exact) mass is 230 g/mol. The fourth-order valence-electron chi connectivity index (χ4n) is 1.05. The predicted molar refractivity (Wildman–Crippen MR) is 62.1 cm³/mol. The molecule has 0 saturated heterocycles. The summed E-state index contributed by atoms with van der Waals surface area (Å²) in [7, 11) is 1.97. The largest absolute Gasteiger partial charge is 0.395 e. The summed E-state index contributed by atoms with van der Waals surface area (Å²) >= 11 is 1.56. The van der Waals surface area contributed by atoms with Crippen LogP contribution >= 0.6 is 11.3 Å². The summed E-state index contributed by atoms with van der Waals surface area (Å²) in [6, 6.07) is 0.150. The summed E-state index contributed by atoms with van der Waals surface area (Å²) in [6.45, 7) is 5.75. The van der Waals surface area contributed by atoms with Crippen molar-refractivity contribution in [1.82, 2.24) is 15.1 Å². The Morgan fingerprint density at radius 1 is 1.53 bits per heavy atom. The molecule has 2 N–H and O–H groups in total. The van der Waals surface area contributed by atoms with Crippen molar-refractivity contribution in [2.45, 2.75) is 26.4 Å². The van der Waals surface area contributed by atoms with Gasteiger partial charge in [-0.1, -0.05) is 11.3 Å². The van der Waals surface area contributed by atoms with Gasteiger partial charge in [0, 0.05) is 12.6 Å². The van der Waals surface area contributed by atoms with Gasteiger partial charge in [-0.2, -0.15) is 0 Å². The topological polar surface area (TPSA) is 61.3 Å². The van der Waals surface area contributed by atoms with E-state index < -0.39 is 0 Å². The first-order valence-corrected chi connectivity index (χ1v) is 5.86. The number of hydrogen-bond acceptors (Lipinski definition) is 6. The zero-order valence-electron chi connectivity index (χ0n) is 9.40. The molecule has 1 atom stereocenters. The molecule has 0 bridgehead atoms. The van der Waals surface area contributed by atoms with Crippen LogP contribution in [0.1, 0.15) is 18.9 Å². The van der Waals surface area contributed by atoms with Gasteiger partial charge in [0.15, 0.2) is 0 Å². The Kier molecular flexibility index (Phi) is 4.93. The number of rotatable bonds is 6. The number of nitrogens with one attached hydrogen (secondary N) is 1. The Balaban J connectivity index is 2.49. The third-order valence-corrected chi connectivity index (χ3v) is 3.06. The number of nitrogens with zero attached hydrogens (tertiary/aromatic N) is 3. The standard InChI is InChI=1S/C9H18N4OS/c1-4-10-9-12-11-8(15-9)5-13(3)7(2)6-14/h7,14H,4-6H2,1-3H3,(H,10,12). The van der Waals surface area contributed by atoms with Crippen LogP contribution in [0.25, 0.3) is 0 Å². The highest BCUT2D eigenvalue weighted by atomic mass is 32.1. The van der Waals surface area contributed by atoms with Crippen molar-refractivity contribution in [2.75, 3.05) is 25.5 Å². The molecule has 0 fully saturated rings. The van der Waals surface area contributed by atoms with Crippen LogP contribution in [0.3, 0.4) is 0 Å². The third-order valence-electron chi connectivity index (χ3n) is 2.20. The summed E-state index contributed by atoms with van der Waals surface area (Å²) < 4.78 is 0. The molecule has 0 saturated carbocycles. The number of likely N-dealkylation sites (N-methyl/N-ethyl adjacent to an activating group) is 1. The molecule has 0 radical (unpaired) electrons. The molecule has 1 unspecified atom stereocenters. The van der Waals surface area contributed by atoms with Crippen molar-refractivity contribution in [2.24, 2.45) is 0 Å². The highest BCUT2D eigenvalue weighted by Crippen LogP contribution is 2.16. The Morgan fingerprint density at radius 2 is 2.27 bits per heavy atom. The van der Waals surface area contributed by atoms with Gasteiger partial charge in [0.25, 0.3) is 0 Å². The minimum atomic E-state index is 0.150. The lowest BCUT2D eigenvalue weighted by Crippen LogP contribution is -2.31. The van der Waals surface area contributed by atoms with Crippen LogP contribution in [-0.4, -0.2) is 46.4 Å². The SMILES string of the molecule is CCNc1nnc(CN(C)C(C)CO)s1. The molecule has 1 aromatic rings. The molecule has 86 valence electrons. The van der Waals surface area contributed by atoms with Gasteiger partial charge in [-0.3, -0.25) is 4.90 Å². The second-order valence-corrected chi connectivity index (χ2v) is 4.54. The lowest BCUT2D eigenvalue weighted by atomic mass is 10.3. The molecule has 5 nitrogen and oxygen atoms in total. The van der Waals surface area contributed by atoms with Gasteiger partial charge >= 0.3 is 0 Å². The Bertz CT molecular complexity index is 291. The maximum absolute atomic E-state index is 8.99. The van der Waals surface area contributed by atoms with Crippen molar-refractivity contribution in [3.05, 3.63) is 5.01 Å². The number of aliphatic hydroxyl groups is 1. The number of aliphatic hydroxyl groups excluding tert-OH is 1. The van der Waals surface area contributed by atoms with Crippen LogP contribution in [0.5, 0.6) is 0 Å². The fraction of sp³-hybridized carbons (Fsp3) is 0.778. The molecule has 0 spiro atoms. The maximum atomic E-state index is 8.99. The predicted octanol–water partition coefficient (Wildman–Crippen LogP) is 0.782. The molecule has 15 heavy (non-hydrogen) atoms. The van der Waals surface area contributed by atoms with E-state index in [0.29, 0.717) is 0 Å². The number of anilines is 1. The van der Waals surface area contributed by atoms with Gasteiger partial charge in [0.05, 0.1) is 13.2 Å². The van der Waals surface area contributed by atoms with Gasteiger partial charge in [-0.25, -0.2) is 0 Å². The van der Waals surface area contributed by atoms with Crippen LogP contribution < -0.4 is 5.32 Å². The van der Waals surface area contributed by atoms with Crippen molar-refractivity contribution in [3.63, 3.8) is 0 Å². The van der Waals surface area contributed by atoms with Gasteiger partial charge in [0.2, 0.25) is 5.13 Å². The van der Waals surface area contributed by atoms with Crippen molar-refractivity contribution in [3.8, 4) is 0 Å². The van der Waals surface area contributed by atoms with Crippen LogP contribution in [0.15, 0.2) is 0 Å². The third kappa shape index (κ3) is 3.73. The zero-order chi connectivity index (χ0) is 11.3. The molecule has 0 aliphatic heterocycles. The molecular formula is C9H18N4OS. The van der Waals surface area contributed by atoms with Crippen LogP contribution in [0.2, 0.25) is 0 Å². The summed E-state index contributed by atoms with van der Waals surface area (Å²) in [5.41, 5.74) is 0. The van der Waals surface area contributed by atoms with Crippen LogP contribution in [0, 0.1) is 0 Å². The van der Waals surface area contributed by atoms with Crippen molar-refractivity contribution < 1.29 is 5.11 Å². The molecule has 0 aliphatic rings. The quantitative estimate of drug-likeness (QED) is 0.756. The lowest BCUT2D eigenvalue weighted by Gasteiger charge is -2.20. The highest BCUT2D eigenvalue weighted by Gasteiger charge is 2.11. The van der Waals surface area contributed by atoms with Gasteiger partial charge in [-0.05, 0) is 20.9 Å². The molecule has 0 aliphatic carbocycles.